The van der Waals surface area contributed by atoms with E-state index in [4.69, 9.17) is 17.3 Å². The number of aliphatic hydroxyl groups is 1. The molecule has 1 atom stereocenters. The van der Waals surface area contributed by atoms with Crippen molar-refractivity contribution in [2.24, 2.45) is 5.92 Å². The van der Waals surface area contributed by atoms with Gasteiger partial charge >= 0.3 is 0 Å². The van der Waals surface area contributed by atoms with Crippen molar-refractivity contribution in [3.8, 4) is 0 Å². The van der Waals surface area contributed by atoms with Gasteiger partial charge in [0.15, 0.2) is 0 Å². The summed E-state index contributed by atoms with van der Waals surface area (Å²) in [6.45, 7) is 5.28. The first-order valence-electron chi connectivity index (χ1n) is 6.36. The van der Waals surface area contributed by atoms with E-state index in [0.29, 0.717) is 17.7 Å². The first-order valence-corrected chi connectivity index (χ1v) is 8.22. The fraction of sp³-hybridized carbons (Fsp3) is 0.538. The molecule has 1 unspecified atom stereocenters. The predicted molar refractivity (Wildman–Crippen MR) is 81.3 cm³/mol. The smallest absolute Gasteiger partial charge is 0.241 e. The predicted octanol–water partition coefficient (Wildman–Crippen LogP) is 1.92. The molecule has 0 saturated heterocycles. The monoisotopic (exact) mass is 320 g/mol. The van der Waals surface area contributed by atoms with E-state index >= 15 is 0 Å². The summed E-state index contributed by atoms with van der Waals surface area (Å²) in [5, 5.41) is 9.55. The van der Waals surface area contributed by atoms with Crippen LogP contribution < -0.4 is 10.5 Å². The number of nitrogens with two attached hydrogens (primary N) is 1. The first-order chi connectivity index (χ1) is 9.17. The van der Waals surface area contributed by atoms with Crippen LogP contribution in [0.2, 0.25) is 5.02 Å². The molecule has 4 N–H and O–H groups in total. The zero-order valence-electron chi connectivity index (χ0n) is 11.9. The second-order valence-corrected chi connectivity index (χ2v) is 7.37. The maximum atomic E-state index is 12.4. The molecule has 0 saturated carbocycles. The fourth-order valence-corrected chi connectivity index (χ4v) is 3.80. The summed E-state index contributed by atoms with van der Waals surface area (Å²) in [5.74, 6) is 0.264. The molecule has 20 heavy (non-hydrogen) atoms. The molecule has 0 amide bonds. The van der Waals surface area contributed by atoms with Crippen molar-refractivity contribution >= 4 is 27.3 Å². The van der Waals surface area contributed by atoms with Gasteiger partial charge in [0.1, 0.15) is 0 Å². The van der Waals surface area contributed by atoms with Gasteiger partial charge in [-0.15, -0.1) is 0 Å². The number of nitrogens with one attached hydrogen (secondary N) is 1. The second kappa shape index (κ2) is 6.76. The number of rotatable bonds is 6. The molecule has 0 aliphatic heterocycles. The summed E-state index contributed by atoms with van der Waals surface area (Å²) in [6.07, 6.45) is 0.546. The number of hydrogen-bond donors (Lipinski definition) is 3. The highest BCUT2D eigenvalue weighted by atomic mass is 35.5. The van der Waals surface area contributed by atoms with Crippen molar-refractivity contribution in [3.63, 3.8) is 0 Å². The van der Waals surface area contributed by atoms with Gasteiger partial charge in [-0.05, 0) is 37.0 Å². The summed E-state index contributed by atoms with van der Waals surface area (Å²) >= 11 is 5.86. The van der Waals surface area contributed by atoms with Crippen LogP contribution in [-0.4, -0.2) is 26.2 Å². The average molecular weight is 321 g/mol. The van der Waals surface area contributed by atoms with E-state index in [1.54, 1.807) is 6.92 Å². The third-order valence-corrected chi connectivity index (χ3v) is 4.82. The van der Waals surface area contributed by atoms with E-state index in [1.807, 2.05) is 13.8 Å². The van der Waals surface area contributed by atoms with Crippen LogP contribution in [0.1, 0.15) is 25.8 Å². The standard InChI is InChI=1S/C13H21ClN2O3S/c1-8(2)4-11(7-17)16-20(18,19)13-6-10(14)5-12(15)9(13)3/h5-6,8,11,16-17H,4,7,15H2,1-3H3. The minimum absolute atomic E-state index is 0.0460. The van der Waals surface area contributed by atoms with Gasteiger partial charge in [-0.2, -0.15) is 0 Å². The van der Waals surface area contributed by atoms with Gasteiger partial charge in [0.25, 0.3) is 0 Å². The van der Waals surface area contributed by atoms with Crippen LogP contribution in [0.5, 0.6) is 0 Å². The highest BCUT2D eigenvalue weighted by molar-refractivity contribution is 7.89. The topological polar surface area (TPSA) is 92.4 Å². The number of sulfonamides is 1. The van der Waals surface area contributed by atoms with Gasteiger partial charge in [0.05, 0.1) is 11.5 Å². The number of halogens is 1. The number of anilines is 1. The zero-order valence-corrected chi connectivity index (χ0v) is 13.4. The Hall–Kier alpha value is -0.820. The van der Waals surface area contributed by atoms with E-state index in [9.17, 15) is 13.5 Å². The molecule has 0 fully saturated rings. The summed E-state index contributed by atoms with van der Waals surface area (Å²) < 4.78 is 27.2. The van der Waals surface area contributed by atoms with Gasteiger partial charge in [0.2, 0.25) is 10.0 Å². The van der Waals surface area contributed by atoms with Crippen LogP contribution in [0.4, 0.5) is 5.69 Å². The summed E-state index contributed by atoms with van der Waals surface area (Å²) in [6, 6.07) is 2.34. The van der Waals surface area contributed by atoms with E-state index in [1.165, 1.54) is 12.1 Å². The van der Waals surface area contributed by atoms with Crippen molar-refractivity contribution in [1.29, 1.82) is 0 Å². The number of hydrogen-bond acceptors (Lipinski definition) is 4. The Labute approximate surface area is 125 Å². The molecular weight excluding hydrogens is 300 g/mol. The van der Waals surface area contributed by atoms with Crippen molar-refractivity contribution in [3.05, 3.63) is 22.7 Å². The zero-order chi connectivity index (χ0) is 15.5. The number of nitrogen functional groups attached to an aromatic ring is 1. The van der Waals surface area contributed by atoms with Crippen LogP contribution in [-0.2, 0) is 10.0 Å². The van der Waals surface area contributed by atoms with Gasteiger partial charge < -0.3 is 10.8 Å². The normalized spacial score (nSPS) is 13.7. The molecule has 0 radical (unpaired) electrons. The van der Waals surface area contributed by atoms with Crippen LogP contribution in [0, 0.1) is 12.8 Å². The molecule has 114 valence electrons. The average Bonchev–Trinajstić information content (AvgIpc) is 2.31. The van der Waals surface area contributed by atoms with Crippen LogP contribution in [0.15, 0.2) is 17.0 Å². The molecule has 5 nitrogen and oxygen atoms in total. The highest BCUT2D eigenvalue weighted by Gasteiger charge is 2.23. The Morgan fingerprint density at radius 3 is 2.50 bits per heavy atom. The Bertz CT molecular complexity index is 573. The van der Waals surface area contributed by atoms with Crippen molar-refractivity contribution in [2.75, 3.05) is 12.3 Å². The third-order valence-electron chi connectivity index (χ3n) is 2.95. The molecule has 0 heterocycles. The van der Waals surface area contributed by atoms with E-state index in [-0.39, 0.29) is 22.4 Å². The van der Waals surface area contributed by atoms with Crippen LogP contribution in [0.3, 0.4) is 0 Å². The lowest BCUT2D eigenvalue weighted by Crippen LogP contribution is -2.38. The second-order valence-electron chi connectivity index (χ2n) is 5.25. The van der Waals surface area contributed by atoms with E-state index in [2.05, 4.69) is 4.72 Å². The quantitative estimate of drug-likeness (QED) is 0.698. The minimum atomic E-state index is -3.77. The number of aliphatic hydroxyl groups excluding tert-OH is 1. The van der Waals surface area contributed by atoms with Gasteiger partial charge in [-0.1, -0.05) is 25.4 Å². The Balaban J connectivity index is 3.11. The minimum Gasteiger partial charge on any atom is -0.398 e. The summed E-state index contributed by atoms with van der Waals surface area (Å²) in [4.78, 5) is 0.0460. The Kier molecular flexibility index (Phi) is 5.82. The largest absolute Gasteiger partial charge is 0.398 e. The SMILES string of the molecule is Cc1c(N)cc(Cl)cc1S(=O)(=O)NC(CO)CC(C)C. The third kappa shape index (κ3) is 4.34. The maximum Gasteiger partial charge on any atom is 0.241 e. The maximum absolute atomic E-state index is 12.4. The molecule has 7 heteroatoms. The number of benzene rings is 1. The van der Waals surface area contributed by atoms with Gasteiger partial charge in [-0.3, -0.25) is 0 Å². The Morgan fingerprint density at radius 2 is 2.00 bits per heavy atom. The lowest BCUT2D eigenvalue weighted by molar-refractivity contribution is 0.240. The summed E-state index contributed by atoms with van der Waals surface area (Å²) in [7, 11) is -3.77. The first kappa shape index (κ1) is 17.2. The molecule has 0 aliphatic carbocycles. The van der Waals surface area contributed by atoms with E-state index < -0.39 is 16.1 Å². The van der Waals surface area contributed by atoms with Crippen LogP contribution >= 0.6 is 11.6 Å². The van der Waals surface area contributed by atoms with Crippen molar-refractivity contribution in [1.82, 2.24) is 4.72 Å². The van der Waals surface area contributed by atoms with Gasteiger partial charge in [-0.25, -0.2) is 13.1 Å². The molecule has 0 aliphatic rings. The van der Waals surface area contributed by atoms with Gasteiger partial charge in [0, 0.05) is 16.8 Å². The van der Waals surface area contributed by atoms with Crippen molar-refractivity contribution in [2.45, 2.75) is 38.1 Å². The lowest BCUT2D eigenvalue weighted by atomic mass is 10.1. The molecule has 0 aromatic heterocycles. The molecule has 1 aromatic carbocycles. The molecule has 0 bridgehead atoms. The Morgan fingerprint density at radius 1 is 1.40 bits per heavy atom. The molecular formula is C13H21ClN2O3S. The van der Waals surface area contributed by atoms with E-state index in [0.717, 1.165) is 0 Å². The fourth-order valence-electron chi connectivity index (χ4n) is 1.97. The molecule has 1 aromatic rings. The summed E-state index contributed by atoms with van der Waals surface area (Å²) in [5.41, 5.74) is 6.51. The molecule has 1 rings (SSSR count). The van der Waals surface area contributed by atoms with Crippen LogP contribution in [0.25, 0.3) is 0 Å². The highest BCUT2D eigenvalue weighted by Crippen LogP contribution is 2.26. The lowest BCUT2D eigenvalue weighted by Gasteiger charge is -2.19. The molecule has 0 spiro atoms. The van der Waals surface area contributed by atoms with Crippen molar-refractivity contribution < 1.29 is 13.5 Å².